The first-order valence-corrected chi connectivity index (χ1v) is 9.99. The van der Waals surface area contributed by atoms with Crippen molar-refractivity contribution in [1.29, 1.82) is 0 Å². The smallest absolute Gasteiger partial charge is 0.00671 e. The molecule has 21 heavy (non-hydrogen) atoms. The fraction of sp³-hybridized carbons (Fsp3) is 1.00. The summed E-state index contributed by atoms with van der Waals surface area (Å²) < 4.78 is 0. The first kappa shape index (κ1) is 19.0. The number of hydrogen-bond donors (Lipinski definition) is 1. The van der Waals surface area contributed by atoms with Gasteiger partial charge in [-0.25, -0.2) is 0 Å². The lowest BCUT2D eigenvalue weighted by atomic mass is 9.78. The normalized spacial score (nSPS) is 24.1. The molecule has 2 N–H and O–H groups in total. The van der Waals surface area contributed by atoms with E-state index in [2.05, 4.69) is 13.8 Å². The van der Waals surface area contributed by atoms with E-state index >= 15 is 0 Å². The van der Waals surface area contributed by atoms with E-state index in [-0.39, 0.29) is 0 Å². The van der Waals surface area contributed by atoms with Gasteiger partial charge in [0.15, 0.2) is 0 Å². The molecule has 0 heterocycles. The zero-order valence-electron chi connectivity index (χ0n) is 14.9. The van der Waals surface area contributed by atoms with Gasteiger partial charge in [0.2, 0.25) is 0 Å². The predicted molar refractivity (Wildman–Crippen MR) is 95.6 cm³/mol. The van der Waals surface area contributed by atoms with Crippen LogP contribution in [0.5, 0.6) is 0 Å². The van der Waals surface area contributed by atoms with E-state index in [1.165, 1.54) is 96.3 Å². The van der Waals surface area contributed by atoms with E-state index in [4.69, 9.17) is 5.73 Å². The van der Waals surface area contributed by atoms with Gasteiger partial charge in [0.25, 0.3) is 0 Å². The third-order valence-electron chi connectivity index (χ3n) is 5.56. The van der Waals surface area contributed by atoms with Gasteiger partial charge in [-0.15, -0.1) is 0 Å². The molecule has 1 aliphatic rings. The highest BCUT2D eigenvalue weighted by molar-refractivity contribution is 4.78. The lowest BCUT2D eigenvalue weighted by Gasteiger charge is -2.30. The van der Waals surface area contributed by atoms with E-state index in [9.17, 15) is 0 Å². The molecule has 1 nitrogen and oxygen atoms in total. The zero-order valence-corrected chi connectivity index (χ0v) is 14.9. The van der Waals surface area contributed by atoms with Crippen LogP contribution in [0.3, 0.4) is 0 Å². The van der Waals surface area contributed by atoms with Crippen molar-refractivity contribution in [3.63, 3.8) is 0 Å². The molecule has 0 aromatic heterocycles. The van der Waals surface area contributed by atoms with E-state index in [1.807, 2.05) is 0 Å². The van der Waals surface area contributed by atoms with Crippen LogP contribution in [-0.2, 0) is 0 Å². The molecule has 0 aromatic carbocycles. The van der Waals surface area contributed by atoms with Crippen LogP contribution in [0.1, 0.15) is 110 Å². The fourth-order valence-electron chi connectivity index (χ4n) is 3.82. The average molecular weight is 296 g/mol. The van der Waals surface area contributed by atoms with Crippen molar-refractivity contribution in [1.82, 2.24) is 0 Å². The Labute approximate surface area is 134 Å². The maximum Gasteiger partial charge on any atom is 0.00671 e. The topological polar surface area (TPSA) is 26.0 Å². The Kier molecular flexibility index (Phi) is 11.3. The predicted octanol–water partition coefficient (Wildman–Crippen LogP) is 6.45. The molecule has 0 radical (unpaired) electrons. The summed E-state index contributed by atoms with van der Waals surface area (Å²) in [7, 11) is 0. The zero-order chi connectivity index (χ0) is 15.3. The van der Waals surface area contributed by atoms with Crippen LogP contribution in [0.2, 0.25) is 0 Å². The van der Waals surface area contributed by atoms with Gasteiger partial charge in [-0.3, -0.25) is 0 Å². The first-order valence-electron chi connectivity index (χ1n) is 9.99. The van der Waals surface area contributed by atoms with E-state index < -0.39 is 0 Å². The van der Waals surface area contributed by atoms with Crippen molar-refractivity contribution in [3.05, 3.63) is 0 Å². The summed E-state index contributed by atoms with van der Waals surface area (Å²) in [5, 5.41) is 0. The number of rotatable bonds is 12. The fourth-order valence-corrected chi connectivity index (χ4v) is 3.82. The molecule has 1 aliphatic carbocycles. The minimum absolute atomic E-state index is 0.492. The number of nitrogens with two attached hydrogens (primary N) is 1. The third kappa shape index (κ3) is 9.55. The number of hydrogen-bond acceptors (Lipinski definition) is 1. The van der Waals surface area contributed by atoms with Gasteiger partial charge in [-0.2, -0.15) is 0 Å². The summed E-state index contributed by atoms with van der Waals surface area (Å²) >= 11 is 0. The molecule has 1 atom stereocenters. The molecule has 0 bridgehead atoms. The molecule has 0 saturated heterocycles. The molecule has 1 rings (SSSR count). The first-order chi connectivity index (χ1) is 10.2. The Morgan fingerprint density at radius 2 is 1.24 bits per heavy atom. The lowest BCUT2D eigenvalue weighted by molar-refractivity contribution is 0.245. The molecule has 1 saturated carbocycles. The Morgan fingerprint density at radius 1 is 0.762 bits per heavy atom. The monoisotopic (exact) mass is 295 g/mol. The molecule has 1 unspecified atom stereocenters. The van der Waals surface area contributed by atoms with Crippen LogP contribution in [0.4, 0.5) is 0 Å². The van der Waals surface area contributed by atoms with Gasteiger partial charge in [0, 0.05) is 6.04 Å². The summed E-state index contributed by atoms with van der Waals surface area (Å²) in [4.78, 5) is 0. The maximum absolute atomic E-state index is 6.40. The molecular weight excluding hydrogens is 254 g/mol. The van der Waals surface area contributed by atoms with Crippen LogP contribution in [-0.4, -0.2) is 6.04 Å². The van der Waals surface area contributed by atoms with Crippen molar-refractivity contribution >= 4 is 0 Å². The second-order valence-electron chi connectivity index (χ2n) is 7.65. The second-order valence-corrected chi connectivity index (χ2v) is 7.65. The van der Waals surface area contributed by atoms with Crippen molar-refractivity contribution < 1.29 is 0 Å². The van der Waals surface area contributed by atoms with E-state index in [0.717, 1.165) is 11.8 Å². The summed E-state index contributed by atoms with van der Waals surface area (Å²) in [5.41, 5.74) is 6.40. The van der Waals surface area contributed by atoms with Gasteiger partial charge < -0.3 is 5.73 Å². The largest absolute Gasteiger partial charge is 0.327 e. The second kappa shape index (κ2) is 12.5. The summed E-state index contributed by atoms with van der Waals surface area (Å²) in [6.45, 7) is 4.68. The molecule has 0 aromatic rings. The van der Waals surface area contributed by atoms with Crippen LogP contribution < -0.4 is 5.73 Å². The minimum atomic E-state index is 0.492. The standard InChI is InChI=1S/C20H41N/c1-3-4-5-6-7-8-9-10-11-12-13-20(21)19-16-14-18(2)15-17-19/h18-20H,3-17,21H2,1-2H3. The molecule has 1 heteroatoms. The van der Waals surface area contributed by atoms with Crippen LogP contribution in [0.25, 0.3) is 0 Å². The summed E-state index contributed by atoms with van der Waals surface area (Å²) in [6.07, 6.45) is 21.1. The highest BCUT2D eigenvalue weighted by Gasteiger charge is 2.22. The van der Waals surface area contributed by atoms with Gasteiger partial charge in [-0.1, -0.05) is 90.9 Å². The molecule has 126 valence electrons. The molecule has 1 fully saturated rings. The van der Waals surface area contributed by atoms with Gasteiger partial charge in [-0.05, 0) is 31.1 Å². The minimum Gasteiger partial charge on any atom is -0.327 e. The van der Waals surface area contributed by atoms with Crippen molar-refractivity contribution in [2.75, 3.05) is 0 Å². The van der Waals surface area contributed by atoms with Crippen LogP contribution in [0, 0.1) is 11.8 Å². The van der Waals surface area contributed by atoms with Gasteiger partial charge in [0.05, 0.1) is 0 Å². The third-order valence-corrected chi connectivity index (χ3v) is 5.56. The lowest BCUT2D eigenvalue weighted by Crippen LogP contribution is -2.32. The van der Waals surface area contributed by atoms with E-state index in [1.54, 1.807) is 0 Å². The van der Waals surface area contributed by atoms with Crippen LogP contribution >= 0.6 is 0 Å². The maximum atomic E-state index is 6.40. The molecule has 0 aliphatic heterocycles. The summed E-state index contributed by atoms with van der Waals surface area (Å²) in [5.74, 6) is 1.78. The van der Waals surface area contributed by atoms with Gasteiger partial charge >= 0.3 is 0 Å². The highest BCUT2D eigenvalue weighted by Crippen LogP contribution is 2.31. The van der Waals surface area contributed by atoms with Crippen LogP contribution in [0.15, 0.2) is 0 Å². The highest BCUT2D eigenvalue weighted by atomic mass is 14.6. The Balaban J connectivity index is 1.85. The van der Waals surface area contributed by atoms with Crippen molar-refractivity contribution in [2.24, 2.45) is 17.6 Å². The summed E-state index contributed by atoms with van der Waals surface area (Å²) in [6, 6.07) is 0.492. The Morgan fingerprint density at radius 3 is 1.76 bits per heavy atom. The van der Waals surface area contributed by atoms with Crippen molar-refractivity contribution in [3.8, 4) is 0 Å². The quantitative estimate of drug-likeness (QED) is 0.411. The number of unbranched alkanes of at least 4 members (excludes halogenated alkanes) is 9. The molecule has 0 spiro atoms. The molecule has 0 amide bonds. The Hall–Kier alpha value is -0.0400. The van der Waals surface area contributed by atoms with E-state index in [0.29, 0.717) is 6.04 Å². The SMILES string of the molecule is CCCCCCCCCCCCC(N)C1CCC(C)CC1. The Bertz CT molecular complexity index is 218. The average Bonchev–Trinajstić information content (AvgIpc) is 2.49. The van der Waals surface area contributed by atoms with Crippen molar-refractivity contribution in [2.45, 2.75) is 116 Å². The molecular formula is C20H41N. The van der Waals surface area contributed by atoms with Gasteiger partial charge in [0.1, 0.15) is 0 Å².